The van der Waals surface area contributed by atoms with Gasteiger partial charge in [0.05, 0.1) is 5.92 Å². The lowest BCUT2D eigenvalue weighted by Gasteiger charge is -2.33. The monoisotopic (exact) mass is 290 g/mol. The highest BCUT2D eigenvalue weighted by Crippen LogP contribution is 2.22. The molecule has 0 radical (unpaired) electrons. The summed E-state index contributed by atoms with van der Waals surface area (Å²) in [6, 6.07) is 1.73. The molecular weight excluding hydrogens is 268 g/mol. The van der Waals surface area contributed by atoms with Crippen molar-refractivity contribution in [2.24, 2.45) is 13.0 Å². The minimum Gasteiger partial charge on any atom is -0.342 e. The number of nitrogens with zero attached hydrogens (tertiary/aromatic N) is 4. The largest absolute Gasteiger partial charge is 0.342 e. The van der Waals surface area contributed by atoms with Crippen molar-refractivity contribution in [2.45, 2.75) is 25.7 Å². The van der Waals surface area contributed by atoms with E-state index in [1.54, 1.807) is 28.9 Å². The van der Waals surface area contributed by atoms with Gasteiger partial charge in [-0.25, -0.2) is 0 Å². The van der Waals surface area contributed by atoms with Crippen LogP contribution in [0.5, 0.6) is 0 Å². The number of likely N-dealkylation sites (tertiary alicyclic amines) is 2. The average Bonchev–Trinajstić information content (AvgIpc) is 3.17. The number of rotatable bonds is 2. The predicted octanol–water partition coefficient (Wildman–Crippen LogP) is 0.895. The summed E-state index contributed by atoms with van der Waals surface area (Å²) in [7, 11) is 1.80. The number of carbonyl (C=O) groups is 2. The second-order valence-corrected chi connectivity index (χ2v) is 6.00. The molecule has 2 saturated heterocycles. The number of hydrogen-bond donors (Lipinski definition) is 0. The van der Waals surface area contributed by atoms with E-state index in [-0.39, 0.29) is 17.7 Å². The second kappa shape index (κ2) is 5.87. The molecule has 0 aromatic carbocycles. The van der Waals surface area contributed by atoms with Crippen LogP contribution < -0.4 is 0 Å². The Bertz CT molecular complexity index is 534. The van der Waals surface area contributed by atoms with Gasteiger partial charge in [0, 0.05) is 39.4 Å². The highest BCUT2D eigenvalue weighted by Gasteiger charge is 2.32. The molecule has 6 heteroatoms. The second-order valence-electron chi connectivity index (χ2n) is 6.00. The first kappa shape index (κ1) is 14.1. The Labute approximate surface area is 124 Å². The van der Waals surface area contributed by atoms with Gasteiger partial charge in [0.15, 0.2) is 0 Å². The molecule has 2 aliphatic rings. The van der Waals surface area contributed by atoms with Crippen LogP contribution in [0.2, 0.25) is 0 Å². The zero-order chi connectivity index (χ0) is 14.8. The molecule has 1 aromatic heterocycles. The minimum absolute atomic E-state index is 0.0375. The predicted molar refractivity (Wildman–Crippen MR) is 77.6 cm³/mol. The van der Waals surface area contributed by atoms with Crippen molar-refractivity contribution < 1.29 is 9.59 Å². The number of aryl methyl sites for hydroxylation is 1. The number of aromatic nitrogens is 2. The van der Waals surface area contributed by atoms with Gasteiger partial charge in [-0.2, -0.15) is 5.10 Å². The molecule has 6 nitrogen and oxygen atoms in total. The minimum atomic E-state index is -0.0606. The Hall–Kier alpha value is -1.85. The number of carbonyl (C=O) groups excluding carboxylic acids is 2. The topological polar surface area (TPSA) is 58.4 Å². The summed E-state index contributed by atoms with van der Waals surface area (Å²) in [5.74, 6) is 0.130. The average molecular weight is 290 g/mol. The van der Waals surface area contributed by atoms with Crippen molar-refractivity contribution in [2.75, 3.05) is 26.2 Å². The van der Waals surface area contributed by atoms with Crippen LogP contribution in [0.1, 0.15) is 36.2 Å². The van der Waals surface area contributed by atoms with Gasteiger partial charge >= 0.3 is 0 Å². The van der Waals surface area contributed by atoms with Gasteiger partial charge in [-0.15, -0.1) is 0 Å². The standard InChI is InChI=1S/C15H22N4O2/c1-17-10-6-13(16-17)15(21)19-9-4-5-12(11-19)14(20)18-7-2-3-8-18/h6,10,12H,2-5,7-9,11H2,1H3. The molecule has 2 amide bonds. The van der Waals surface area contributed by atoms with Gasteiger partial charge < -0.3 is 9.80 Å². The van der Waals surface area contributed by atoms with Crippen LogP contribution in [-0.4, -0.2) is 57.6 Å². The normalized spacial score (nSPS) is 22.6. The third kappa shape index (κ3) is 2.94. The van der Waals surface area contributed by atoms with E-state index >= 15 is 0 Å². The van der Waals surface area contributed by atoms with Crippen molar-refractivity contribution in [3.05, 3.63) is 18.0 Å². The molecular formula is C15H22N4O2. The van der Waals surface area contributed by atoms with E-state index in [4.69, 9.17) is 0 Å². The molecule has 21 heavy (non-hydrogen) atoms. The molecule has 1 unspecified atom stereocenters. The summed E-state index contributed by atoms with van der Waals surface area (Å²) in [6.45, 7) is 3.01. The summed E-state index contributed by atoms with van der Waals surface area (Å²) >= 11 is 0. The molecule has 0 saturated carbocycles. The van der Waals surface area contributed by atoms with Gasteiger partial charge in [0.1, 0.15) is 5.69 Å². The summed E-state index contributed by atoms with van der Waals surface area (Å²) in [5, 5.41) is 4.16. The van der Waals surface area contributed by atoms with E-state index in [0.717, 1.165) is 45.3 Å². The molecule has 2 aliphatic heterocycles. The quantitative estimate of drug-likeness (QED) is 0.813. The van der Waals surface area contributed by atoms with Crippen LogP contribution >= 0.6 is 0 Å². The Morgan fingerprint density at radius 3 is 2.52 bits per heavy atom. The van der Waals surface area contributed by atoms with Crippen molar-refractivity contribution in [3.63, 3.8) is 0 Å². The van der Waals surface area contributed by atoms with Crippen molar-refractivity contribution in [3.8, 4) is 0 Å². The van der Waals surface area contributed by atoms with Crippen LogP contribution in [0.25, 0.3) is 0 Å². The van der Waals surface area contributed by atoms with Gasteiger partial charge in [0.2, 0.25) is 5.91 Å². The summed E-state index contributed by atoms with van der Waals surface area (Å²) in [6.07, 6.45) is 5.76. The van der Waals surface area contributed by atoms with E-state index in [1.807, 2.05) is 4.90 Å². The maximum atomic E-state index is 12.5. The van der Waals surface area contributed by atoms with Gasteiger partial charge in [-0.3, -0.25) is 14.3 Å². The Kier molecular flexibility index (Phi) is 3.94. The van der Waals surface area contributed by atoms with Crippen molar-refractivity contribution in [1.82, 2.24) is 19.6 Å². The molecule has 1 atom stereocenters. The summed E-state index contributed by atoms with van der Waals surface area (Å²) in [5.41, 5.74) is 0.465. The molecule has 3 heterocycles. The van der Waals surface area contributed by atoms with Crippen LogP contribution in [0.3, 0.4) is 0 Å². The maximum Gasteiger partial charge on any atom is 0.274 e. The molecule has 3 rings (SSSR count). The Morgan fingerprint density at radius 1 is 1.14 bits per heavy atom. The Balaban J connectivity index is 1.65. The third-order valence-electron chi connectivity index (χ3n) is 4.41. The highest BCUT2D eigenvalue weighted by molar-refractivity contribution is 5.92. The fourth-order valence-corrected chi connectivity index (χ4v) is 3.25. The molecule has 0 aliphatic carbocycles. The third-order valence-corrected chi connectivity index (χ3v) is 4.41. The van der Waals surface area contributed by atoms with E-state index in [1.165, 1.54) is 0 Å². The van der Waals surface area contributed by atoms with Crippen LogP contribution in [0.15, 0.2) is 12.3 Å². The van der Waals surface area contributed by atoms with Crippen LogP contribution in [-0.2, 0) is 11.8 Å². The lowest BCUT2D eigenvalue weighted by molar-refractivity contribution is -0.135. The van der Waals surface area contributed by atoms with Crippen LogP contribution in [0, 0.1) is 5.92 Å². The highest BCUT2D eigenvalue weighted by atomic mass is 16.2. The van der Waals surface area contributed by atoms with Gasteiger partial charge in [0.25, 0.3) is 5.91 Å². The molecule has 0 bridgehead atoms. The molecule has 0 N–H and O–H groups in total. The van der Waals surface area contributed by atoms with E-state index < -0.39 is 0 Å². The first-order valence-corrected chi connectivity index (χ1v) is 7.73. The zero-order valence-electron chi connectivity index (χ0n) is 12.5. The van der Waals surface area contributed by atoms with E-state index in [0.29, 0.717) is 12.2 Å². The number of amides is 2. The fraction of sp³-hybridized carbons (Fsp3) is 0.667. The Morgan fingerprint density at radius 2 is 1.86 bits per heavy atom. The number of piperidine rings is 1. The summed E-state index contributed by atoms with van der Waals surface area (Å²) < 4.78 is 1.63. The van der Waals surface area contributed by atoms with E-state index in [2.05, 4.69) is 5.10 Å². The van der Waals surface area contributed by atoms with Crippen LogP contribution in [0.4, 0.5) is 0 Å². The maximum absolute atomic E-state index is 12.5. The first-order valence-electron chi connectivity index (χ1n) is 7.73. The van der Waals surface area contributed by atoms with Crippen molar-refractivity contribution >= 4 is 11.8 Å². The molecule has 2 fully saturated rings. The summed E-state index contributed by atoms with van der Waals surface area (Å²) in [4.78, 5) is 28.6. The smallest absolute Gasteiger partial charge is 0.274 e. The first-order chi connectivity index (χ1) is 10.1. The SMILES string of the molecule is Cn1ccc(C(=O)N2CCCC(C(=O)N3CCCC3)C2)n1. The number of hydrogen-bond acceptors (Lipinski definition) is 3. The van der Waals surface area contributed by atoms with Gasteiger partial charge in [-0.05, 0) is 31.7 Å². The lowest BCUT2D eigenvalue weighted by Crippen LogP contribution is -2.46. The lowest BCUT2D eigenvalue weighted by atomic mass is 9.96. The van der Waals surface area contributed by atoms with Gasteiger partial charge in [-0.1, -0.05) is 0 Å². The molecule has 0 spiro atoms. The zero-order valence-corrected chi connectivity index (χ0v) is 12.5. The van der Waals surface area contributed by atoms with E-state index in [9.17, 15) is 9.59 Å². The van der Waals surface area contributed by atoms with Crippen molar-refractivity contribution in [1.29, 1.82) is 0 Å². The molecule has 114 valence electrons. The molecule has 1 aromatic rings. The fourth-order valence-electron chi connectivity index (χ4n) is 3.25.